The molecule has 1 aromatic carbocycles. The monoisotopic (exact) mass is 272 g/mol. The lowest BCUT2D eigenvalue weighted by Crippen LogP contribution is -2.15. The van der Waals surface area contributed by atoms with Crippen molar-refractivity contribution in [1.82, 2.24) is 0 Å². The summed E-state index contributed by atoms with van der Waals surface area (Å²) in [6.07, 6.45) is 2.31. The summed E-state index contributed by atoms with van der Waals surface area (Å²) in [6, 6.07) is 8.65. The van der Waals surface area contributed by atoms with E-state index in [1.807, 2.05) is 0 Å². The highest BCUT2D eigenvalue weighted by atomic mass is 16.5. The Bertz CT molecular complexity index is 553. The van der Waals surface area contributed by atoms with Gasteiger partial charge < -0.3 is 10.1 Å². The molecule has 5 heteroatoms. The number of nitrogens with one attached hydrogen (secondary N) is 1. The highest BCUT2D eigenvalue weighted by Gasteiger charge is 2.43. The molecule has 0 aliphatic heterocycles. The summed E-state index contributed by atoms with van der Waals surface area (Å²) in [6.45, 7) is 1.72. The maximum Gasteiger partial charge on any atom is 0.338 e. The normalized spacial score (nSPS) is 15.0. The van der Waals surface area contributed by atoms with Crippen LogP contribution in [-0.4, -0.2) is 18.5 Å². The number of rotatable bonds is 5. The van der Waals surface area contributed by atoms with Gasteiger partial charge in [0.1, 0.15) is 0 Å². The fourth-order valence-corrected chi connectivity index (χ4v) is 1.91. The molecule has 1 N–H and O–H groups in total. The average Bonchev–Trinajstić information content (AvgIpc) is 3.17. The van der Waals surface area contributed by atoms with E-state index in [4.69, 9.17) is 10.00 Å². The van der Waals surface area contributed by atoms with E-state index in [2.05, 4.69) is 11.4 Å². The number of esters is 1. The van der Waals surface area contributed by atoms with Crippen LogP contribution >= 0.6 is 0 Å². The molecule has 0 unspecified atom stereocenters. The maximum atomic E-state index is 11.9. The van der Waals surface area contributed by atoms with E-state index < -0.39 is 5.97 Å². The summed E-state index contributed by atoms with van der Waals surface area (Å²) < 4.78 is 5.25. The van der Waals surface area contributed by atoms with E-state index >= 15 is 0 Å². The van der Waals surface area contributed by atoms with Gasteiger partial charge in [-0.2, -0.15) is 5.26 Å². The smallest absolute Gasteiger partial charge is 0.338 e. The fourth-order valence-electron chi connectivity index (χ4n) is 1.91. The molecule has 0 spiro atoms. The Morgan fingerprint density at radius 3 is 2.50 bits per heavy atom. The number of carbonyl (C=O) groups excluding carboxylic acids is 2. The summed E-state index contributed by atoms with van der Waals surface area (Å²) in [5.74, 6) is -0.559. The van der Waals surface area contributed by atoms with Gasteiger partial charge in [0.05, 0.1) is 18.2 Å². The van der Waals surface area contributed by atoms with Gasteiger partial charge in [-0.05, 0) is 37.1 Å². The minimum Gasteiger partial charge on any atom is -0.461 e. The van der Waals surface area contributed by atoms with Crippen molar-refractivity contribution < 1.29 is 14.3 Å². The third-order valence-corrected chi connectivity index (χ3v) is 3.36. The van der Waals surface area contributed by atoms with Crippen molar-refractivity contribution in [3.05, 3.63) is 29.8 Å². The first-order valence-corrected chi connectivity index (χ1v) is 6.46. The number of amides is 1. The molecule has 2 rings (SSSR count). The molecule has 1 aromatic rings. The molecule has 0 heterocycles. The predicted octanol–water partition coefficient (Wildman–Crippen LogP) is 2.50. The second-order valence-corrected chi connectivity index (χ2v) is 5.17. The van der Waals surface area contributed by atoms with Crippen LogP contribution in [-0.2, 0) is 9.53 Å². The first kappa shape index (κ1) is 14.1. The number of carbonyl (C=O) groups is 2. The highest BCUT2D eigenvalue weighted by Crippen LogP contribution is 2.48. The van der Waals surface area contributed by atoms with Crippen LogP contribution < -0.4 is 5.32 Å². The van der Waals surface area contributed by atoms with Crippen molar-refractivity contribution in [3.63, 3.8) is 0 Å². The van der Waals surface area contributed by atoms with Gasteiger partial charge in [0, 0.05) is 24.4 Å². The molecule has 0 aromatic heterocycles. The molecular formula is C15H16N2O3. The van der Waals surface area contributed by atoms with E-state index in [-0.39, 0.29) is 11.3 Å². The molecule has 0 saturated heterocycles. The molecule has 1 aliphatic rings. The van der Waals surface area contributed by atoms with Gasteiger partial charge in [-0.15, -0.1) is 0 Å². The summed E-state index contributed by atoms with van der Waals surface area (Å²) in [4.78, 5) is 22.7. The molecule has 0 bridgehead atoms. The maximum absolute atomic E-state index is 11.9. The number of hydrogen-bond acceptors (Lipinski definition) is 4. The zero-order valence-corrected chi connectivity index (χ0v) is 11.3. The number of nitrogens with zero attached hydrogens (tertiary/aromatic N) is 1. The Morgan fingerprint density at radius 2 is 2.00 bits per heavy atom. The molecule has 0 atom stereocenters. The second kappa shape index (κ2) is 5.74. The van der Waals surface area contributed by atoms with Crippen molar-refractivity contribution in [1.29, 1.82) is 5.26 Å². The number of hydrogen-bond donors (Lipinski definition) is 1. The summed E-state index contributed by atoms with van der Waals surface area (Å²) in [5.41, 5.74) is 0.963. The van der Waals surface area contributed by atoms with Crippen molar-refractivity contribution >= 4 is 17.6 Å². The summed E-state index contributed by atoms with van der Waals surface area (Å²) >= 11 is 0. The van der Waals surface area contributed by atoms with Crippen molar-refractivity contribution in [3.8, 4) is 6.07 Å². The molecule has 1 saturated carbocycles. The van der Waals surface area contributed by atoms with Gasteiger partial charge in [-0.25, -0.2) is 4.79 Å². The molecule has 1 amide bonds. The standard InChI is InChI=1S/C15H16N2O3/c1-11(18)17-13-4-2-12(3-5-13)14(19)20-10-15(6-7-15)8-9-16/h2-5H,6-8,10H2,1H3,(H,17,18). The molecule has 20 heavy (non-hydrogen) atoms. The molecule has 104 valence electrons. The minimum absolute atomic E-state index is 0.111. The fraction of sp³-hybridized carbons (Fsp3) is 0.400. The first-order valence-electron chi connectivity index (χ1n) is 6.46. The Hall–Kier alpha value is -2.35. The third kappa shape index (κ3) is 3.58. The Labute approximate surface area is 117 Å². The van der Waals surface area contributed by atoms with Crippen LogP contribution in [0.15, 0.2) is 24.3 Å². The van der Waals surface area contributed by atoms with Gasteiger partial charge in [-0.1, -0.05) is 0 Å². The number of anilines is 1. The number of nitriles is 1. The van der Waals surface area contributed by atoms with Crippen LogP contribution in [0.1, 0.15) is 36.5 Å². The Kier molecular flexibility index (Phi) is 4.04. The minimum atomic E-state index is -0.399. The molecule has 0 radical (unpaired) electrons. The average molecular weight is 272 g/mol. The van der Waals surface area contributed by atoms with E-state index in [0.29, 0.717) is 24.3 Å². The van der Waals surface area contributed by atoms with Gasteiger partial charge >= 0.3 is 5.97 Å². The van der Waals surface area contributed by atoms with Crippen LogP contribution in [0.25, 0.3) is 0 Å². The topological polar surface area (TPSA) is 79.2 Å². The van der Waals surface area contributed by atoms with Crippen LogP contribution in [0.2, 0.25) is 0 Å². The zero-order chi connectivity index (χ0) is 14.6. The SMILES string of the molecule is CC(=O)Nc1ccc(C(=O)OCC2(CC#N)CC2)cc1. The lowest BCUT2D eigenvalue weighted by molar-refractivity contribution is -0.114. The number of benzene rings is 1. The summed E-state index contributed by atoms with van der Waals surface area (Å²) in [5, 5.41) is 11.3. The third-order valence-electron chi connectivity index (χ3n) is 3.36. The van der Waals surface area contributed by atoms with Crippen molar-refractivity contribution in [2.45, 2.75) is 26.2 Å². The van der Waals surface area contributed by atoms with Gasteiger partial charge in [0.25, 0.3) is 0 Å². The molecule has 1 aliphatic carbocycles. The van der Waals surface area contributed by atoms with Crippen molar-refractivity contribution in [2.24, 2.45) is 5.41 Å². The highest BCUT2D eigenvalue weighted by molar-refractivity contribution is 5.92. The van der Waals surface area contributed by atoms with Crippen LogP contribution in [0.5, 0.6) is 0 Å². The first-order chi connectivity index (χ1) is 9.54. The van der Waals surface area contributed by atoms with E-state index in [1.165, 1.54) is 6.92 Å². The van der Waals surface area contributed by atoms with Gasteiger partial charge in [0.15, 0.2) is 0 Å². The van der Waals surface area contributed by atoms with Crippen LogP contribution in [0.4, 0.5) is 5.69 Å². The quantitative estimate of drug-likeness (QED) is 0.835. The molecular weight excluding hydrogens is 256 g/mol. The van der Waals surface area contributed by atoms with E-state index in [9.17, 15) is 9.59 Å². The van der Waals surface area contributed by atoms with E-state index in [1.54, 1.807) is 24.3 Å². The van der Waals surface area contributed by atoms with Crippen LogP contribution in [0.3, 0.4) is 0 Å². The lowest BCUT2D eigenvalue weighted by Gasteiger charge is -2.11. The number of ether oxygens (including phenoxy) is 1. The lowest BCUT2D eigenvalue weighted by atomic mass is 10.1. The van der Waals surface area contributed by atoms with E-state index in [0.717, 1.165) is 12.8 Å². The second-order valence-electron chi connectivity index (χ2n) is 5.17. The van der Waals surface area contributed by atoms with Crippen molar-refractivity contribution in [2.75, 3.05) is 11.9 Å². The Balaban J connectivity index is 1.90. The Morgan fingerprint density at radius 1 is 1.35 bits per heavy atom. The largest absolute Gasteiger partial charge is 0.461 e. The zero-order valence-electron chi connectivity index (χ0n) is 11.3. The summed E-state index contributed by atoms with van der Waals surface area (Å²) in [7, 11) is 0. The molecule has 1 fully saturated rings. The molecule has 5 nitrogen and oxygen atoms in total. The van der Waals surface area contributed by atoms with Gasteiger partial charge in [0.2, 0.25) is 5.91 Å². The van der Waals surface area contributed by atoms with Crippen LogP contribution in [0, 0.1) is 16.7 Å². The predicted molar refractivity (Wildman–Crippen MR) is 72.9 cm³/mol. The van der Waals surface area contributed by atoms with Gasteiger partial charge in [-0.3, -0.25) is 4.79 Å².